The van der Waals surface area contributed by atoms with Gasteiger partial charge in [0.05, 0.1) is 11.0 Å². The van der Waals surface area contributed by atoms with Crippen molar-refractivity contribution < 1.29 is 9.66 Å². The Bertz CT molecular complexity index is 419. The maximum absolute atomic E-state index is 10.7. The minimum Gasteiger partial charge on any atom is -0.381 e. The van der Waals surface area contributed by atoms with Crippen molar-refractivity contribution in [2.24, 2.45) is 5.92 Å². The first kappa shape index (κ1) is 12.8. The number of hydrogen-bond acceptors (Lipinski definition) is 5. The summed E-state index contributed by atoms with van der Waals surface area (Å²) in [5.41, 5.74) is 0.0617. The average Bonchev–Trinajstić information content (AvgIpc) is 2.40. The molecule has 1 atom stereocenters. The number of pyridine rings is 1. The Balaban J connectivity index is 1.99. The van der Waals surface area contributed by atoms with Gasteiger partial charge in [0.1, 0.15) is 5.82 Å². The highest BCUT2D eigenvalue weighted by Crippen LogP contribution is 2.22. The topological polar surface area (TPSA) is 77.3 Å². The molecule has 1 aliphatic rings. The van der Waals surface area contributed by atoms with Crippen LogP contribution in [0.25, 0.3) is 0 Å². The Morgan fingerprint density at radius 3 is 2.94 bits per heavy atom. The van der Waals surface area contributed by atoms with Gasteiger partial charge in [-0.2, -0.15) is 0 Å². The van der Waals surface area contributed by atoms with E-state index in [2.05, 4.69) is 17.2 Å². The van der Waals surface area contributed by atoms with Gasteiger partial charge in [-0.05, 0) is 25.7 Å². The van der Waals surface area contributed by atoms with Crippen LogP contribution in [0, 0.1) is 16.0 Å². The van der Waals surface area contributed by atoms with Gasteiger partial charge < -0.3 is 10.1 Å². The third-order valence-electron chi connectivity index (χ3n) is 3.30. The van der Waals surface area contributed by atoms with Gasteiger partial charge >= 0.3 is 0 Å². The highest BCUT2D eigenvalue weighted by atomic mass is 16.6. The van der Waals surface area contributed by atoms with Crippen LogP contribution in [0.3, 0.4) is 0 Å². The van der Waals surface area contributed by atoms with Gasteiger partial charge in [-0.1, -0.05) is 0 Å². The zero-order valence-corrected chi connectivity index (χ0v) is 10.3. The number of ether oxygens (including phenoxy) is 1. The second-order valence-electron chi connectivity index (χ2n) is 4.54. The molecule has 2 rings (SSSR count). The van der Waals surface area contributed by atoms with E-state index >= 15 is 0 Å². The van der Waals surface area contributed by atoms with E-state index in [0.717, 1.165) is 26.1 Å². The van der Waals surface area contributed by atoms with E-state index in [0.29, 0.717) is 11.7 Å². The van der Waals surface area contributed by atoms with E-state index in [9.17, 15) is 10.1 Å². The standard InChI is InChI=1S/C12H17N3O3/c1-9(10-3-6-18-7-4-10)14-12-8-11(15(16)17)2-5-13-12/h2,5,8-10H,3-4,6-7H2,1H3,(H,13,14). The molecule has 1 aliphatic heterocycles. The van der Waals surface area contributed by atoms with E-state index in [-0.39, 0.29) is 11.7 Å². The zero-order chi connectivity index (χ0) is 13.0. The number of nitrogens with one attached hydrogen (secondary N) is 1. The summed E-state index contributed by atoms with van der Waals surface area (Å²) < 4.78 is 5.32. The van der Waals surface area contributed by atoms with Crippen molar-refractivity contribution in [1.82, 2.24) is 4.98 Å². The SMILES string of the molecule is CC(Nc1cc([N+](=O)[O-])ccn1)C1CCOCC1. The number of nitro groups is 1. The lowest BCUT2D eigenvalue weighted by atomic mass is 9.93. The van der Waals surface area contributed by atoms with Crippen molar-refractivity contribution in [2.75, 3.05) is 18.5 Å². The summed E-state index contributed by atoms with van der Waals surface area (Å²) in [6.07, 6.45) is 3.49. The van der Waals surface area contributed by atoms with Gasteiger partial charge in [0.2, 0.25) is 0 Å². The second kappa shape index (κ2) is 5.77. The zero-order valence-electron chi connectivity index (χ0n) is 10.3. The molecular formula is C12H17N3O3. The fourth-order valence-corrected chi connectivity index (χ4v) is 2.18. The largest absolute Gasteiger partial charge is 0.381 e. The molecular weight excluding hydrogens is 234 g/mol. The van der Waals surface area contributed by atoms with Gasteiger partial charge in [0, 0.05) is 31.5 Å². The molecule has 6 heteroatoms. The molecule has 0 saturated carbocycles. The highest BCUT2D eigenvalue weighted by molar-refractivity contribution is 5.44. The minimum absolute atomic E-state index is 0.0617. The van der Waals surface area contributed by atoms with E-state index in [1.54, 1.807) is 0 Å². The van der Waals surface area contributed by atoms with Crippen molar-refractivity contribution >= 4 is 11.5 Å². The molecule has 1 N–H and O–H groups in total. The Labute approximate surface area is 106 Å². The summed E-state index contributed by atoms with van der Waals surface area (Å²) in [6, 6.07) is 3.10. The van der Waals surface area contributed by atoms with Crippen LogP contribution in [0.2, 0.25) is 0 Å². The number of rotatable bonds is 4. The van der Waals surface area contributed by atoms with Crippen LogP contribution < -0.4 is 5.32 Å². The second-order valence-corrected chi connectivity index (χ2v) is 4.54. The molecule has 0 aliphatic carbocycles. The number of nitrogens with zero attached hydrogens (tertiary/aromatic N) is 2. The van der Waals surface area contributed by atoms with Crippen molar-refractivity contribution in [2.45, 2.75) is 25.8 Å². The lowest BCUT2D eigenvalue weighted by Gasteiger charge is -2.28. The van der Waals surface area contributed by atoms with E-state index in [1.165, 1.54) is 18.3 Å². The summed E-state index contributed by atoms with van der Waals surface area (Å²) in [5.74, 6) is 1.09. The fourth-order valence-electron chi connectivity index (χ4n) is 2.18. The molecule has 1 fully saturated rings. The third-order valence-corrected chi connectivity index (χ3v) is 3.30. The fraction of sp³-hybridized carbons (Fsp3) is 0.583. The third kappa shape index (κ3) is 3.16. The molecule has 0 amide bonds. The van der Waals surface area contributed by atoms with Crippen LogP contribution in [0.5, 0.6) is 0 Å². The smallest absolute Gasteiger partial charge is 0.274 e. The lowest BCUT2D eigenvalue weighted by Crippen LogP contribution is -2.31. The van der Waals surface area contributed by atoms with E-state index in [4.69, 9.17) is 4.74 Å². The number of anilines is 1. The molecule has 98 valence electrons. The molecule has 0 radical (unpaired) electrons. The monoisotopic (exact) mass is 251 g/mol. The molecule has 1 saturated heterocycles. The molecule has 18 heavy (non-hydrogen) atoms. The maximum atomic E-state index is 10.7. The molecule has 1 unspecified atom stereocenters. The Morgan fingerprint density at radius 2 is 2.28 bits per heavy atom. The predicted octanol–water partition coefficient (Wildman–Crippen LogP) is 2.22. The summed E-state index contributed by atoms with van der Waals surface area (Å²) >= 11 is 0. The van der Waals surface area contributed by atoms with Crippen molar-refractivity contribution in [3.05, 3.63) is 28.4 Å². The maximum Gasteiger partial charge on any atom is 0.274 e. The highest BCUT2D eigenvalue weighted by Gasteiger charge is 2.21. The number of aromatic nitrogens is 1. The van der Waals surface area contributed by atoms with E-state index < -0.39 is 4.92 Å². The van der Waals surface area contributed by atoms with Crippen LogP contribution >= 0.6 is 0 Å². The molecule has 2 heterocycles. The molecule has 0 aromatic carbocycles. The summed E-state index contributed by atoms with van der Waals surface area (Å²) in [4.78, 5) is 14.4. The predicted molar refractivity (Wildman–Crippen MR) is 67.5 cm³/mol. The Morgan fingerprint density at radius 1 is 1.56 bits per heavy atom. The minimum atomic E-state index is -0.411. The van der Waals surface area contributed by atoms with Crippen molar-refractivity contribution in [3.8, 4) is 0 Å². The van der Waals surface area contributed by atoms with Crippen LogP contribution in [0.15, 0.2) is 18.3 Å². The van der Waals surface area contributed by atoms with Gasteiger partial charge in [0.25, 0.3) is 5.69 Å². The molecule has 6 nitrogen and oxygen atoms in total. The first-order valence-electron chi connectivity index (χ1n) is 6.11. The van der Waals surface area contributed by atoms with Gasteiger partial charge in [-0.15, -0.1) is 0 Å². The Hall–Kier alpha value is -1.69. The summed E-state index contributed by atoms with van der Waals surface area (Å²) in [5, 5.41) is 13.9. The first-order valence-corrected chi connectivity index (χ1v) is 6.11. The first-order chi connectivity index (χ1) is 8.66. The van der Waals surface area contributed by atoms with Crippen LogP contribution in [0.4, 0.5) is 11.5 Å². The number of hydrogen-bond donors (Lipinski definition) is 1. The molecule has 1 aromatic heterocycles. The van der Waals surface area contributed by atoms with Crippen LogP contribution in [-0.2, 0) is 4.74 Å². The normalized spacial score (nSPS) is 18.3. The van der Waals surface area contributed by atoms with Crippen LogP contribution in [0.1, 0.15) is 19.8 Å². The molecule has 1 aromatic rings. The van der Waals surface area contributed by atoms with Crippen LogP contribution in [-0.4, -0.2) is 29.2 Å². The summed E-state index contributed by atoms with van der Waals surface area (Å²) in [6.45, 7) is 3.66. The van der Waals surface area contributed by atoms with Gasteiger partial charge in [-0.25, -0.2) is 4.98 Å². The Kier molecular flexibility index (Phi) is 4.09. The van der Waals surface area contributed by atoms with Crippen molar-refractivity contribution in [1.29, 1.82) is 0 Å². The average molecular weight is 251 g/mol. The molecule has 0 bridgehead atoms. The van der Waals surface area contributed by atoms with E-state index in [1.807, 2.05) is 0 Å². The summed E-state index contributed by atoms with van der Waals surface area (Å²) in [7, 11) is 0. The molecule has 0 spiro atoms. The van der Waals surface area contributed by atoms with Gasteiger partial charge in [-0.3, -0.25) is 10.1 Å². The lowest BCUT2D eigenvalue weighted by molar-refractivity contribution is -0.384. The van der Waals surface area contributed by atoms with Crippen molar-refractivity contribution in [3.63, 3.8) is 0 Å². The quantitative estimate of drug-likeness (QED) is 0.655. The van der Waals surface area contributed by atoms with Gasteiger partial charge in [0.15, 0.2) is 0 Å².